The Hall–Kier alpha value is -1.55. The Morgan fingerprint density at radius 1 is 1.00 bits per heavy atom. The van der Waals surface area contributed by atoms with Crippen LogP contribution in [0.25, 0.3) is 10.4 Å². The van der Waals surface area contributed by atoms with Gasteiger partial charge < -0.3 is 5.32 Å². The lowest BCUT2D eigenvalue weighted by atomic mass is 10.2. The summed E-state index contributed by atoms with van der Waals surface area (Å²) < 4.78 is 0. The first-order chi connectivity index (χ1) is 9.72. The molecule has 2 aromatic carbocycles. The van der Waals surface area contributed by atoms with Crippen LogP contribution in [0.1, 0.15) is 0 Å². The molecule has 0 atom stereocenters. The van der Waals surface area contributed by atoms with Gasteiger partial charge in [-0.15, -0.1) is 0 Å². The van der Waals surface area contributed by atoms with E-state index in [9.17, 15) is 0 Å². The summed E-state index contributed by atoms with van der Waals surface area (Å²) in [5.41, 5.74) is 1.91. The molecule has 0 saturated carbocycles. The van der Waals surface area contributed by atoms with Gasteiger partial charge in [0.2, 0.25) is 0 Å². The van der Waals surface area contributed by atoms with Crippen LogP contribution in [0, 0.1) is 0 Å². The zero-order chi connectivity index (χ0) is 13.9. The Bertz CT molecular complexity index is 726. The molecule has 0 spiro atoms. The van der Waals surface area contributed by atoms with Crippen molar-refractivity contribution < 1.29 is 0 Å². The molecule has 0 bridgehead atoms. The van der Waals surface area contributed by atoms with Crippen molar-refractivity contribution in [2.45, 2.75) is 0 Å². The normalized spacial score (nSPS) is 10.5. The van der Waals surface area contributed by atoms with Crippen LogP contribution in [0.4, 0.5) is 10.8 Å². The standard InChI is InChI=1S/C15H10Cl2N2S/c16-11-6-7-12(17)13(8-11)19-15-18-9-14(20-15)10-4-2-1-3-5-10/h1-9H,(H,18,19). The van der Waals surface area contributed by atoms with E-state index in [2.05, 4.69) is 22.4 Å². The third kappa shape index (κ3) is 2.96. The average Bonchev–Trinajstić information content (AvgIpc) is 2.92. The fourth-order valence-electron chi connectivity index (χ4n) is 1.78. The molecular weight excluding hydrogens is 311 g/mol. The zero-order valence-electron chi connectivity index (χ0n) is 10.3. The SMILES string of the molecule is Clc1ccc(Cl)c(Nc2ncc(-c3ccccc3)s2)c1. The lowest BCUT2D eigenvalue weighted by molar-refractivity contribution is 1.39. The summed E-state index contributed by atoms with van der Waals surface area (Å²) in [5, 5.41) is 5.23. The molecule has 0 aliphatic heterocycles. The Morgan fingerprint density at radius 2 is 1.80 bits per heavy atom. The highest BCUT2D eigenvalue weighted by Crippen LogP contribution is 2.33. The van der Waals surface area contributed by atoms with Crippen LogP contribution in [-0.2, 0) is 0 Å². The maximum atomic E-state index is 6.13. The Morgan fingerprint density at radius 3 is 2.60 bits per heavy atom. The molecular formula is C15H10Cl2N2S. The van der Waals surface area contributed by atoms with Gasteiger partial charge in [0.25, 0.3) is 0 Å². The monoisotopic (exact) mass is 320 g/mol. The highest BCUT2D eigenvalue weighted by atomic mass is 35.5. The maximum absolute atomic E-state index is 6.13. The van der Waals surface area contributed by atoms with E-state index in [0.717, 1.165) is 21.3 Å². The number of hydrogen-bond acceptors (Lipinski definition) is 3. The van der Waals surface area contributed by atoms with Gasteiger partial charge in [0.1, 0.15) is 0 Å². The third-order valence-electron chi connectivity index (χ3n) is 2.73. The van der Waals surface area contributed by atoms with Crippen LogP contribution >= 0.6 is 34.5 Å². The summed E-state index contributed by atoms with van der Waals surface area (Å²) in [5.74, 6) is 0. The first kappa shape index (κ1) is 13.4. The smallest absolute Gasteiger partial charge is 0.187 e. The van der Waals surface area contributed by atoms with Gasteiger partial charge in [0.05, 0.1) is 15.6 Å². The molecule has 0 radical (unpaired) electrons. The Kier molecular flexibility index (Phi) is 3.92. The van der Waals surface area contributed by atoms with Gasteiger partial charge in [-0.1, -0.05) is 64.9 Å². The summed E-state index contributed by atoms with van der Waals surface area (Å²) in [7, 11) is 0. The van der Waals surface area contributed by atoms with Gasteiger partial charge >= 0.3 is 0 Å². The van der Waals surface area contributed by atoms with E-state index in [1.165, 1.54) is 0 Å². The summed E-state index contributed by atoms with van der Waals surface area (Å²) in [4.78, 5) is 5.47. The molecule has 2 nitrogen and oxygen atoms in total. The molecule has 0 aliphatic carbocycles. The molecule has 0 amide bonds. The van der Waals surface area contributed by atoms with Crippen molar-refractivity contribution in [3.63, 3.8) is 0 Å². The zero-order valence-corrected chi connectivity index (χ0v) is 12.6. The number of nitrogens with one attached hydrogen (secondary N) is 1. The molecule has 20 heavy (non-hydrogen) atoms. The van der Waals surface area contributed by atoms with E-state index in [0.29, 0.717) is 10.0 Å². The van der Waals surface area contributed by atoms with E-state index < -0.39 is 0 Å². The Balaban J connectivity index is 1.86. The molecule has 3 rings (SSSR count). The highest BCUT2D eigenvalue weighted by Gasteiger charge is 2.07. The minimum atomic E-state index is 0.617. The van der Waals surface area contributed by atoms with Crippen LogP contribution in [0.15, 0.2) is 54.7 Å². The fourth-order valence-corrected chi connectivity index (χ4v) is 2.95. The number of aromatic nitrogens is 1. The van der Waals surface area contributed by atoms with E-state index >= 15 is 0 Å². The van der Waals surface area contributed by atoms with Crippen molar-refractivity contribution in [2.75, 3.05) is 5.32 Å². The second kappa shape index (κ2) is 5.83. The molecule has 100 valence electrons. The minimum Gasteiger partial charge on any atom is -0.330 e. The van der Waals surface area contributed by atoms with Gasteiger partial charge in [-0.3, -0.25) is 0 Å². The van der Waals surface area contributed by atoms with Crippen LogP contribution < -0.4 is 5.32 Å². The van der Waals surface area contributed by atoms with Crippen molar-refractivity contribution in [1.29, 1.82) is 0 Å². The second-order valence-corrected chi connectivity index (χ2v) is 6.02. The number of thiazole rings is 1. The number of halogens is 2. The Labute approximate surface area is 131 Å². The molecule has 1 N–H and O–H groups in total. The number of anilines is 2. The minimum absolute atomic E-state index is 0.617. The summed E-state index contributed by atoms with van der Waals surface area (Å²) >= 11 is 13.7. The van der Waals surface area contributed by atoms with Crippen LogP contribution in [-0.4, -0.2) is 4.98 Å². The molecule has 1 heterocycles. The summed E-state index contributed by atoms with van der Waals surface area (Å²) in [6.45, 7) is 0. The average molecular weight is 321 g/mol. The van der Waals surface area contributed by atoms with Crippen LogP contribution in [0.3, 0.4) is 0 Å². The predicted octanol–water partition coefficient (Wildman–Crippen LogP) is 5.86. The highest BCUT2D eigenvalue weighted by molar-refractivity contribution is 7.18. The molecule has 0 fully saturated rings. The van der Waals surface area contributed by atoms with E-state index in [-0.39, 0.29) is 0 Å². The lowest BCUT2D eigenvalue weighted by Gasteiger charge is -2.05. The fraction of sp³-hybridized carbons (Fsp3) is 0. The molecule has 0 unspecified atom stereocenters. The maximum Gasteiger partial charge on any atom is 0.187 e. The third-order valence-corrected chi connectivity index (χ3v) is 4.26. The number of hydrogen-bond donors (Lipinski definition) is 1. The van der Waals surface area contributed by atoms with Crippen LogP contribution in [0.5, 0.6) is 0 Å². The summed E-state index contributed by atoms with van der Waals surface area (Å²) in [6.07, 6.45) is 1.85. The van der Waals surface area contributed by atoms with E-state index in [1.807, 2.05) is 24.4 Å². The van der Waals surface area contributed by atoms with Crippen molar-refractivity contribution in [3.05, 3.63) is 64.8 Å². The van der Waals surface area contributed by atoms with Gasteiger partial charge in [0.15, 0.2) is 5.13 Å². The molecule has 0 saturated heterocycles. The van der Waals surface area contributed by atoms with Crippen molar-refractivity contribution in [2.24, 2.45) is 0 Å². The lowest BCUT2D eigenvalue weighted by Crippen LogP contribution is -1.89. The van der Waals surface area contributed by atoms with E-state index in [4.69, 9.17) is 23.2 Å². The first-order valence-corrected chi connectivity index (χ1v) is 7.53. The first-order valence-electron chi connectivity index (χ1n) is 5.96. The van der Waals surface area contributed by atoms with Crippen molar-refractivity contribution in [1.82, 2.24) is 4.98 Å². The van der Waals surface area contributed by atoms with Gasteiger partial charge in [-0.05, 0) is 23.8 Å². The quantitative estimate of drug-likeness (QED) is 0.653. The van der Waals surface area contributed by atoms with Crippen molar-refractivity contribution in [3.8, 4) is 10.4 Å². The van der Waals surface area contributed by atoms with Crippen LogP contribution in [0.2, 0.25) is 10.0 Å². The topological polar surface area (TPSA) is 24.9 Å². The summed E-state index contributed by atoms with van der Waals surface area (Å²) in [6, 6.07) is 15.4. The molecule has 0 aliphatic rings. The van der Waals surface area contributed by atoms with Crippen molar-refractivity contribution >= 4 is 45.4 Å². The molecule has 5 heteroatoms. The number of benzene rings is 2. The van der Waals surface area contributed by atoms with Gasteiger partial charge in [-0.2, -0.15) is 0 Å². The molecule has 3 aromatic rings. The van der Waals surface area contributed by atoms with Gasteiger partial charge in [0, 0.05) is 11.2 Å². The number of rotatable bonds is 3. The molecule has 1 aromatic heterocycles. The van der Waals surface area contributed by atoms with Gasteiger partial charge in [-0.25, -0.2) is 4.98 Å². The predicted molar refractivity (Wildman–Crippen MR) is 87.3 cm³/mol. The second-order valence-electron chi connectivity index (χ2n) is 4.14. The number of nitrogens with zero attached hydrogens (tertiary/aromatic N) is 1. The van der Waals surface area contributed by atoms with E-state index in [1.54, 1.807) is 29.5 Å². The largest absolute Gasteiger partial charge is 0.330 e.